The van der Waals surface area contributed by atoms with Crippen LogP contribution in [0.15, 0.2) is 47.4 Å². The molecule has 0 unspecified atom stereocenters. The van der Waals surface area contributed by atoms with Crippen molar-refractivity contribution in [2.75, 3.05) is 12.0 Å². The summed E-state index contributed by atoms with van der Waals surface area (Å²) in [5.74, 6) is 0.716. The van der Waals surface area contributed by atoms with E-state index in [9.17, 15) is 8.42 Å². The van der Waals surface area contributed by atoms with Gasteiger partial charge in [0, 0.05) is 24.6 Å². The highest BCUT2D eigenvalue weighted by Crippen LogP contribution is 2.28. The monoisotopic (exact) mass is 301 g/mol. The van der Waals surface area contributed by atoms with Crippen LogP contribution in [0.3, 0.4) is 0 Å². The first-order chi connectivity index (χ1) is 9.88. The van der Waals surface area contributed by atoms with Crippen LogP contribution in [0.5, 0.6) is 0 Å². The lowest BCUT2D eigenvalue weighted by atomic mass is 10.2. The first-order valence-corrected chi connectivity index (χ1v) is 8.28. The molecule has 0 aliphatic rings. The second-order valence-corrected chi connectivity index (χ2v) is 7.02. The van der Waals surface area contributed by atoms with Crippen LogP contribution in [0, 0.1) is 0 Å². The van der Waals surface area contributed by atoms with Gasteiger partial charge in [0.25, 0.3) is 0 Å². The largest absolute Gasteiger partial charge is 0.398 e. The van der Waals surface area contributed by atoms with E-state index in [-0.39, 0.29) is 4.90 Å². The first-order valence-electron chi connectivity index (χ1n) is 6.39. The van der Waals surface area contributed by atoms with Crippen molar-refractivity contribution in [2.45, 2.75) is 4.90 Å². The molecule has 2 N–H and O–H groups in total. The smallest absolute Gasteiger partial charge is 0.175 e. The van der Waals surface area contributed by atoms with E-state index in [4.69, 9.17) is 5.73 Å². The molecule has 0 aliphatic heterocycles. The average Bonchev–Trinajstić information content (AvgIpc) is 2.75. The van der Waals surface area contributed by atoms with Gasteiger partial charge in [-0.05, 0) is 30.3 Å². The normalized spacial score (nSPS) is 11.9. The number of rotatable bonds is 2. The summed E-state index contributed by atoms with van der Waals surface area (Å²) in [6.07, 6.45) is 1.19. The quantitative estimate of drug-likeness (QED) is 0.736. The number of fused-ring (bicyclic) bond motifs is 1. The van der Waals surface area contributed by atoms with E-state index in [0.29, 0.717) is 17.0 Å². The van der Waals surface area contributed by atoms with E-state index in [1.54, 1.807) is 18.2 Å². The molecule has 0 bridgehead atoms. The highest BCUT2D eigenvalue weighted by atomic mass is 32.2. The summed E-state index contributed by atoms with van der Waals surface area (Å²) in [4.78, 5) is 4.80. The van der Waals surface area contributed by atoms with E-state index < -0.39 is 9.84 Å². The van der Waals surface area contributed by atoms with Gasteiger partial charge in [-0.3, -0.25) is 0 Å². The zero-order valence-corrected chi connectivity index (χ0v) is 12.6. The molecular formula is C15H15N3O2S. The van der Waals surface area contributed by atoms with Crippen molar-refractivity contribution in [2.24, 2.45) is 7.05 Å². The lowest BCUT2D eigenvalue weighted by Gasteiger charge is -2.05. The Labute approximate surface area is 123 Å². The Bertz CT molecular complexity index is 943. The average molecular weight is 301 g/mol. The molecule has 0 fully saturated rings. The number of nitrogens with two attached hydrogens (primary N) is 1. The number of sulfone groups is 1. The minimum absolute atomic E-state index is 0.265. The van der Waals surface area contributed by atoms with E-state index in [0.717, 1.165) is 11.1 Å². The number of benzene rings is 2. The lowest BCUT2D eigenvalue weighted by Crippen LogP contribution is -1.97. The third-order valence-electron chi connectivity index (χ3n) is 3.48. The molecule has 1 aromatic heterocycles. The summed E-state index contributed by atoms with van der Waals surface area (Å²) in [6.45, 7) is 0. The van der Waals surface area contributed by atoms with Gasteiger partial charge >= 0.3 is 0 Å². The molecule has 21 heavy (non-hydrogen) atoms. The maximum Gasteiger partial charge on any atom is 0.175 e. The molecular weight excluding hydrogens is 286 g/mol. The summed E-state index contributed by atoms with van der Waals surface area (Å²) in [6, 6.07) is 12.4. The van der Waals surface area contributed by atoms with Gasteiger partial charge < -0.3 is 10.3 Å². The highest BCUT2D eigenvalue weighted by Gasteiger charge is 2.14. The van der Waals surface area contributed by atoms with Crippen molar-refractivity contribution in [3.63, 3.8) is 0 Å². The predicted octanol–water partition coefficient (Wildman–Crippen LogP) is 2.23. The molecule has 2 aromatic carbocycles. The van der Waals surface area contributed by atoms with Crippen molar-refractivity contribution in [1.29, 1.82) is 0 Å². The minimum atomic E-state index is -3.24. The highest BCUT2D eigenvalue weighted by molar-refractivity contribution is 7.90. The Balaban J connectivity index is 2.28. The maximum atomic E-state index is 11.6. The summed E-state index contributed by atoms with van der Waals surface area (Å²) in [5.41, 5.74) is 8.96. The molecule has 1 heterocycles. The lowest BCUT2D eigenvalue weighted by molar-refractivity contribution is 0.602. The number of hydrogen-bond acceptors (Lipinski definition) is 4. The van der Waals surface area contributed by atoms with Gasteiger partial charge in [-0.1, -0.05) is 12.1 Å². The Morgan fingerprint density at radius 1 is 1.14 bits per heavy atom. The Hall–Kier alpha value is -2.34. The van der Waals surface area contributed by atoms with E-state index in [1.807, 2.05) is 35.9 Å². The van der Waals surface area contributed by atoms with Gasteiger partial charge in [-0.15, -0.1) is 0 Å². The first kappa shape index (κ1) is 13.6. The Morgan fingerprint density at radius 3 is 2.52 bits per heavy atom. The van der Waals surface area contributed by atoms with E-state index in [2.05, 4.69) is 4.98 Å². The van der Waals surface area contributed by atoms with Crippen molar-refractivity contribution in [3.8, 4) is 11.4 Å². The van der Waals surface area contributed by atoms with Crippen LogP contribution in [0.25, 0.3) is 22.4 Å². The topological polar surface area (TPSA) is 78.0 Å². The molecule has 0 spiro atoms. The molecule has 6 heteroatoms. The molecule has 0 saturated heterocycles. The van der Waals surface area contributed by atoms with Gasteiger partial charge in [0.1, 0.15) is 5.82 Å². The second kappa shape index (κ2) is 4.60. The van der Waals surface area contributed by atoms with Crippen LogP contribution in [0.2, 0.25) is 0 Å². The fourth-order valence-electron chi connectivity index (χ4n) is 2.35. The SMILES string of the molecule is Cn1c(-c2ccccc2N)nc2cc(S(C)(=O)=O)ccc21. The minimum Gasteiger partial charge on any atom is -0.398 e. The summed E-state index contributed by atoms with van der Waals surface area (Å²) >= 11 is 0. The Morgan fingerprint density at radius 2 is 1.86 bits per heavy atom. The number of aromatic nitrogens is 2. The standard InChI is InChI=1S/C15H15N3O2S/c1-18-14-8-7-10(21(2,19)20)9-13(14)17-15(18)11-5-3-4-6-12(11)16/h3-9H,16H2,1-2H3. The fraction of sp³-hybridized carbons (Fsp3) is 0.133. The fourth-order valence-corrected chi connectivity index (χ4v) is 2.99. The summed E-state index contributed by atoms with van der Waals surface area (Å²) in [7, 11) is -1.36. The summed E-state index contributed by atoms with van der Waals surface area (Å²) < 4.78 is 25.2. The molecule has 0 saturated carbocycles. The van der Waals surface area contributed by atoms with E-state index >= 15 is 0 Å². The van der Waals surface area contributed by atoms with Crippen molar-refractivity contribution in [3.05, 3.63) is 42.5 Å². The number of hydrogen-bond donors (Lipinski definition) is 1. The maximum absolute atomic E-state index is 11.6. The number of nitrogen functional groups attached to an aromatic ring is 1. The van der Waals surface area contributed by atoms with Crippen LogP contribution in [0.4, 0.5) is 5.69 Å². The molecule has 0 amide bonds. The third kappa shape index (κ3) is 2.27. The number of imidazole rings is 1. The molecule has 3 rings (SSSR count). The van der Waals surface area contributed by atoms with Crippen molar-refractivity contribution >= 4 is 26.6 Å². The van der Waals surface area contributed by atoms with Crippen molar-refractivity contribution in [1.82, 2.24) is 9.55 Å². The second-order valence-electron chi connectivity index (χ2n) is 5.00. The molecule has 0 atom stereocenters. The van der Waals surface area contributed by atoms with Gasteiger partial charge in [0.15, 0.2) is 9.84 Å². The number of nitrogens with zero attached hydrogens (tertiary/aromatic N) is 2. The van der Waals surface area contributed by atoms with Gasteiger partial charge in [-0.25, -0.2) is 13.4 Å². The molecule has 0 radical (unpaired) electrons. The van der Waals surface area contributed by atoms with Crippen molar-refractivity contribution < 1.29 is 8.42 Å². The Kier molecular flexibility index (Phi) is 2.98. The molecule has 0 aliphatic carbocycles. The van der Waals surface area contributed by atoms with E-state index in [1.165, 1.54) is 6.26 Å². The molecule has 108 valence electrons. The van der Waals surface area contributed by atoms with Crippen LogP contribution in [0.1, 0.15) is 0 Å². The molecule has 3 aromatic rings. The van der Waals surface area contributed by atoms with Crippen LogP contribution in [-0.2, 0) is 16.9 Å². The number of para-hydroxylation sites is 1. The number of aryl methyl sites for hydroxylation is 1. The van der Waals surface area contributed by atoms with Crippen LogP contribution >= 0.6 is 0 Å². The van der Waals surface area contributed by atoms with Crippen LogP contribution < -0.4 is 5.73 Å². The van der Waals surface area contributed by atoms with Crippen LogP contribution in [-0.4, -0.2) is 24.2 Å². The van der Waals surface area contributed by atoms with Gasteiger partial charge in [0.05, 0.1) is 15.9 Å². The third-order valence-corrected chi connectivity index (χ3v) is 4.59. The zero-order chi connectivity index (χ0) is 15.2. The summed E-state index contributed by atoms with van der Waals surface area (Å²) in [5, 5.41) is 0. The van der Waals surface area contributed by atoms with Gasteiger partial charge in [0.2, 0.25) is 0 Å². The zero-order valence-electron chi connectivity index (χ0n) is 11.7. The van der Waals surface area contributed by atoms with Gasteiger partial charge in [-0.2, -0.15) is 0 Å². The number of anilines is 1. The molecule has 5 nitrogen and oxygen atoms in total. The predicted molar refractivity (Wildman–Crippen MR) is 83.7 cm³/mol.